The van der Waals surface area contributed by atoms with Crippen molar-refractivity contribution in [2.75, 3.05) is 37.7 Å². The molecule has 2 heterocycles. The molecule has 0 spiro atoms. The molecule has 0 saturated carbocycles. The van der Waals surface area contributed by atoms with Gasteiger partial charge in [0.1, 0.15) is 5.71 Å². The highest BCUT2D eigenvalue weighted by Gasteiger charge is 2.35. The highest BCUT2D eigenvalue weighted by atomic mass is 16.2. The number of rotatable bonds is 5. The first-order chi connectivity index (χ1) is 17.2. The van der Waals surface area contributed by atoms with E-state index in [1.165, 1.54) is 10.9 Å². The van der Waals surface area contributed by atoms with Crippen LogP contribution in [-0.2, 0) is 11.3 Å². The quantitative estimate of drug-likeness (QED) is 0.417. The van der Waals surface area contributed by atoms with Crippen molar-refractivity contribution in [3.05, 3.63) is 108 Å². The molecule has 35 heavy (non-hydrogen) atoms. The second-order valence-electron chi connectivity index (χ2n) is 9.26. The summed E-state index contributed by atoms with van der Waals surface area (Å²) in [5, 5.41) is 2.29. The molecule has 1 saturated heterocycles. The minimum atomic E-state index is -0.0222. The summed E-state index contributed by atoms with van der Waals surface area (Å²) in [6.07, 6.45) is 0. The lowest BCUT2D eigenvalue weighted by atomic mass is 10.1. The summed E-state index contributed by atoms with van der Waals surface area (Å²) in [6, 6.07) is 32.9. The number of carbonyl (C=O) groups excluding carboxylic acids is 1. The summed E-state index contributed by atoms with van der Waals surface area (Å²) in [6.45, 7) is 5.44. The van der Waals surface area contributed by atoms with Crippen molar-refractivity contribution in [2.24, 2.45) is 4.99 Å². The van der Waals surface area contributed by atoms with E-state index in [2.05, 4.69) is 58.3 Å². The predicted octanol–water partition coefficient (Wildman–Crippen LogP) is 5.08. The SMILES string of the molecule is O=C1C(=Nc2ccc3ccccc3c2)c2ccccc2N1CN1CCN(Cc2ccccc2)CC1. The fourth-order valence-corrected chi connectivity index (χ4v) is 5.02. The van der Waals surface area contributed by atoms with E-state index in [1.54, 1.807) is 0 Å². The lowest BCUT2D eigenvalue weighted by molar-refractivity contribution is -0.112. The molecule has 5 heteroatoms. The fourth-order valence-electron chi connectivity index (χ4n) is 5.02. The van der Waals surface area contributed by atoms with E-state index in [0.717, 1.165) is 55.0 Å². The maximum atomic E-state index is 13.6. The van der Waals surface area contributed by atoms with Gasteiger partial charge in [0.05, 0.1) is 18.0 Å². The number of para-hydroxylation sites is 1. The number of benzene rings is 4. The molecule has 5 nitrogen and oxygen atoms in total. The zero-order valence-corrected chi connectivity index (χ0v) is 19.7. The maximum Gasteiger partial charge on any atom is 0.278 e. The number of hydrogen-bond acceptors (Lipinski definition) is 4. The molecular formula is C30H28N4O. The Hall–Kier alpha value is -3.80. The molecule has 6 rings (SSSR count). The van der Waals surface area contributed by atoms with Crippen molar-refractivity contribution in [2.45, 2.75) is 6.54 Å². The third kappa shape index (κ3) is 4.48. The van der Waals surface area contributed by atoms with Crippen LogP contribution < -0.4 is 4.90 Å². The first-order valence-electron chi connectivity index (χ1n) is 12.2. The van der Waals surface area contributed by atoms with Gasteiger partial charge in [0.2, 0.25) is 0 Å². The summed E-state index contributed by atoms with van der Waals surface area (Å²) >= 11 is 0. The molecular weight excluding hydrogens is 432 g/mol. The average molecular weight is 461 g/mol. The van der Waals surface area contributed by atoms with Crippen molar-refractivity contribution in [3.8, 4) is 0 Å². The van der Waals surface area contributed by atoms with Gasteiger partial charge >= 0.3 is 0 Å². The molecule has 0 atom stereocenters. The Kier molecular flexibility index (Phi) is 5.86. The zero-order chi connectivity index (χ0) is 23.6. The number of nitrogens with zero attached hydrogens (tertiary/aromatic N) is 4. The summed E-state index contributed by atoms with van der Waals surface area (Å²) in [4.78, 5) is 25.1. The first kappa shape index (κ1) is 21.7. The Balaban J connectivity index is 1.19. The first-order valence-corrected chi connectivity index (χ1v) is 12.2. The smallest absolute Gasteiger partial charge is 0.278 e. The van der Waals surface area contributed by atoms with Gasteiger partial charge in [-0.2, -0.15) is 0 Å². The van der Waals surface area contributed by atoms with Gasteiger partial charge in [-0.05, 0) is 34.5 Å². The van der Waals surface area contributed by atoms with E-state index in [4.69, 9.17) is 4.99 Å². The topological polar surface area (TPSA) is 39.2 Å². The lowest BCUT2D eigenvalue weighted by Crippen LogP contribution is -2.50. The van der Waals surface area contributed by atoms with Crippen molar-refractivity contribution in [1.82, 2.24) is 9.80 Å². The monoisotopic (exact) mass is 460 g/mol. The van der Waals surface area contributed by atoms with E-state index in [-0.39, 0.29) is 5.91 Å². The van der Waals surface area contributed by atoms with Gasteiger partial charge < -0.3 is 0 Å². The normalized spacial score (nSPS) is 17.9. The van der Waals surface area contributed by atoms with Crippen LogP contribution in [-0.4, -0.2) is 54.3 Å². The van der Waals surface area contributed by atoms with Gasteiger partial charge in [-0.15, -0.1) is 0 Å². The van der Waals surface area contributed by atoms with Crippen LogP contribution in [0.4, 0.5) is 11.4 Å². The van der Waals surface area contributed by atoms with Gasteiger partial charge in [0.25, 0.3) is 5.91 Å². The Morgan fingerprint density at radius 2 is 1.37 bits per heavy atom. The van der Waals surface area contributed by atoms with Crippen molar-refractivity contribution in [1.29, 1.82) is 0 Å². The molecule has 2 aliphatic heterocycles. The van der Waals surface area contributed by atoms with Crippen molar-refractivity contribution < 1.29 is 4.79 Å². The average Bonchev–Trinajstić information content (AvgIpc) is 3.16. The lowest BCUT2D eigenvalue weighted by Gasteiger charge is -2.36. The Labute approximate surface area is 205 Å². The van der Waals surface area contributed by atoms with Gasteiger partial charge in [-0.3, -0.25) is 19.5 Å². The fraction of sp³-hybridized carbons (Fsp3) is 0.200. The molecule has 4 aromatic carbocycles. The number of fused-ring (bicyclic) bond motifs is 2. The minimum Gasteiger partial charge on any atom is -0.297 e. The van der Waals surface area contributed by atoms with E-state index in [0.29, 0.717) is 12.4 Å². The molecule has 0 aliphatic carbocycles. The second-order valence-corrected chi connectivity index (χ2v) is 9.26. The highest BCUT2D eigenvalue weighted by Crippen LogP contribution is 2.32. The Morgan fingerprint density at radius 3 is 2.20 bits per heavy atom. The molecule has 1 fully saturated rings. The van der Waals surface area contributed by atoms with Crippen LogP contribution in [0.5, 0.6) is 0 Å². The molecule has 0 aromatic heterocycles. The number of carbonyl (C=O) groups is 1. The standard InChI is InChI=1S/C30H28N4O/c35-30-29(31-26-15-14-24-10-4-5-11-25(24)20-26)27-12-6-7-13-28(27)34(30)22-33-18-16-32(17-19-33)21-23-8-2-1-3-9-23/h1-15,20H,16-19,21-22H2. The van der Waals surface area contributed by atoms with Gasteiger partial charge in [0, 0.05) is 38.3 Å². The van der Waals surface area contributed by atoms with Gasteiger partial charge in [-0.25, -0.2) is 4.99 Å². The van der Waals surface area contributed by atoms with Crippen molar-refractivity contribution >= 4 is 33.8 Å². The van der Waals surface area contributed by atoms with Crippen LogP contribution >= 0.6 is 0 Å². The Bertz CT molecular complexity index is 1390. The summed E-state index contributed by atoms with van der Waals surface area (Å²) < 4.78 is 0. The molecule has 4 aromatic rings. The highest BCUT2D eigenvalue weighted by molar-refractivity contribution is 6.54. The number of amides is 1. The third-order valence-electron chi connectivity index (χ3n) is 6.93. The number of aliphatic imine (C=N–C) groups is 1. The molecule has 0 radical (unpaired) electrons. The van der Waals surface area contributed by atoms with E-state index in [9.17, 15) is 4.79 Å². The van der Waals surface area contributed by atoms with Crippen LogP contribution in [0.25, 0.3) is 10.8 Å². The van der Waals surface area contributed by atoms with E-state index >= 15 is 0 Å². The van der Waals surface area contributed by atoms with Crippen LogP contribution in [0.1, 0.15) is 11.1 Å². The molecule has 0 bridgehead atoms. The largest absolute Gasteiger partial charge is 0.297 e. The number of piperazine rings is 1. The molecule has 1 amide bonds. The zero-order valence-electron chi connectivity index (χ0n) is 19.7. The summed E-state index contributed by atoms with van der Waals surface area (Å²) in [7, 11) is 0. The number of hydrogen-bond donors (Lipinski definition) is 0. The summed E-state index contributed by atoms with van der Waals surface area (Å²) in [5.74, 6) is -0.0222. The van der Waals surface area contributed by atoms with E-state index in [1.807, 2.05) is 53.4 Å². The minimum absolute atomic E-state index is 0.0222. The number of anilines is 1. The predicted molar refractivity (Wildman–Crippen MR) is 142 cm³/mol. The van der Waals surface area contributed by atoms with Gasteiger partial charge in [-0.1, -0.05) is 78.9 Å². The second kappa shape index (κ2) is 9.45. The summed E-state index contributed by atoms with van der Waals surface area (Å²) in [5.41, 5.74) is 4.54. The van der Waals surface area contributed by atoms with Crippen LogP contribution in [0.3, 0.4) is 0 Å². The van der Waals surface area contributed by atoms with Crippen LogP contribution in [0, 0.1) is 0 Å². The third-order valence-corrected chi connectivity index (χ3v) is 6.93. The maximum absolute atomic E-state index is 13.6. The molecule has 2 aliphatic rings. The van der Waals surface area contributed by atoms with Crippen LogP contribution in [0.2, 0.25) is 0 Å². The van der Waals surface area contributed by atoms with Crippen molar-refractivity contribution in [3.63, 3.8) is 0 Å². The van der Waals surface area contributed by atoms with E-state index < -0.39 is 0 Å². The molecule has 0 unspecified atom stereocenters. The van der Waals surface area contributed by atoms with Crippen LogP contribution in [0.15, 0.2) is 102 Å². The molecule has 0 N–H and O–H groups in total. The molecule has 174 valence electrons. The van der Waals surface area contributed by atoms with Gasteiger partial charge in [0.15, 0.2) is 0 Å². The Morgan fingerprint density at radius 1 is 0.686 bits per heavy atom.